The van der Waals surface area contributed by atoms with Gasteiger partial charge in [0.1, 0.15) is 4.90 Å². The van der Waals surface area contributed by atoms with E-state index in [4.69, 9.17) is 5.73 Å². The minimum Gasteiger partial charge on any atom is -0.325 e. The van der Waals surface area contributed by atoms with Gasteiger partial charge in [-0.3, -0.25) is 4.98 Å². The fraction of sp³-hybridized carbons (Fsp3) is 0.444. The number of nitrogens with two attached hydrogens (primary N) is 1. The Bertz CT molecular complexity index is 454. The molecule has 1 aliphatic carbocycles. The lowest BCUT2D eigenvalue weighted by molar-refractivity contribution is 0.579. The van der Waals surface area contributed by atoms with Gasteiger partial charge in [-0.1, -0.05) is 0 Å². The van der Waals surface area contributed by atoms with Crippen LogP contribution in [0.5, 0.6) is 0 Å². The molecule has 82 valence electrons. The Morgan fingerprint density at radius 1 is 1.53 bits per heavy atom. The molecule has 1 aromatic heterocycles. The van der Waals surface area contributed by atoms with E-state index in [0.717, 1.165) is 12.8 Å². The van der Waals surface area contributed by atoms with Gasteiger partial charge in [0, 0.05) is 18.8 Å². The van der Waals surface area contributed by atoms with Crippen LogP contribution >= 0.6 is 0 Å². The second-order valence-corrected chi connectivity index (χ2v) is 5.23. The smallest absolute Gasteiger partial charge is 0.242 e. The third-order valence-corrected chi connectivity index (χ3v) is 3.82. The van der Waals surface area contributed by atoms with Crippen LogP contribution in [-0.4, -0.2) is 19.4 Å². The number of pyridine rings is 1. The molecule has 1 aromatic rings. The summed E-state index contributed by atoms with van der Waals surface area (Å²) in [7, 11) is -3.43. The molecule has 5 nitrogen and oxygen atoms in total. The van der Waals surface area contributed by atoms with Crippen molar-refractivity contribution in [3.05, 3.63) is 24.0 Å². The number of aromatic nitrogens is 1. The van der Waals surface area contributed by atoms with E-state index in [-0.39, 0.29) is 17.5 Å². The monoisotopic (exact) mass is 227 g/mol. The lowest BCUT2D eigenvalue weighted by Gasteiger charge is -2.08. The van der Waals surface area contributed by atoms with Crippen LogP contribution in [0.2, 0.25) is 0 Å². The molecule has 0 unspecified atom stereocenters. The molecule has 0 aromatic carbocycles. The highest BCUT2D eigenvalue weighted by Crippen LogP contribution is 2.22. The molecule has 0 aliphatic heterocycles. The molecule has 0 amide bonds. The maximum absolute atomic E-state index is 11.9. The molecule has 0 saturated heterocycles. The zero-order chi connectivity index (χ0) is 10.9. The van der Waals surface area contributed by atoms with Crippen molar-refractivity contribution < 1.29 is 8.42 Å². The van der Waals surface area contributed by atoms with E-state index in [1.807, 2.05) is 0 Å². The van der Waals surface area contributed by atoms with Gasteiger partial charge in [-0.15, -0.1) is 0 Å². The second kappa shape index (κ2) is 3.88. The summed E-state index contributed by atoms with van der Waals surface area (Å²) in [5, 5.41) is 0. The van der Waals surface area contributed by atoms with E-state index in [9.17, 15) is 8.42 Å². The van der Waals surface area contributed by atoms with Crippen LogP contribution in [0.3, 0.4) is 0 Å². The van der Waals surface area contributed by atoms with Crippen molar-refractivity contribution in [2.45, 2.75) is 30.3 Å². The van der Waals surface area contributed by atoms with Crippen molar-refractivity contribution in [2.24, 2.45) is 5.73 Å². The molecular weight excluding hydrogens is 214 g/mol. The predicted octanol–water partition coefficient (Wildman–Crippen LogP) is -0.0190. The van der Waals surface area contributed by atoms with Crippen molar-refractivity contribution in [3.8, 4) is 0 Å². The number of rotatable bonds is 4. The van der Waals surface area contributed by atoms with Crippen molar-refractivity contribution in [1.82, 2.24) is 9.71 Å². The van der Waals surface area contributed by atoms with Crippen LogP contribution in [0.25, 0.3) is 0 Å². The third kappa shape index (κ3) is 2.34. The molecule has 1 saturated carbocycles. The van der Waals surface area contributed by atoms with Crippen molar-refractivity contribution in [3.63, 3.8) is 0 Å². The fourth-order valence-electron chi connectivity index (χ4n) is 1.31. The third-order valence-electron chi connectivity index (χ3n) is 2.23. The molecule has 0 bridgehead atoms. The molecule has 0 radical (unpaired) electrons. The van der Waals surface area contributed by atoms with Gasteiger partial charge in [0.15, 0.2) is 0 Å². The Morgan fingerprint density at radius 2 is 2.27 bits per heavy atom. The van der Waals surface area contributed by atoms with E-state index in [1.165, 1.54) is 6.07 Å². The largest absolute Gasteiger partial charge is 0.325 e. The van der Waals surface area contributed by atoms with Gasteiger partial charge in [0.25, 0.3) is 0 Å². The molecule has 0 atom stereocenters. The molecular formula is C9H13N3O2S. The Balaban J connectivity index is 2.34. The van der Waals surface area contributed by atoms with E-state index in [0.29, 0.717) is 5.69 Å². The summed E-state index contributed by atoms with van der Waals surface area (Å²) in [6.07, 6.45) is 3.37. The Labute approximate surface area is 88.8 Å². The van der Waals surface area contributed by atoms with Crippen LogP contribution in [0.1, 0.15) is 18.5 Å². The first-order chi connectivity index (χ1) is 7.13. The van der Waals surface area contributed by atoms with Crippen LogP contribution < -0.4 is 10.5 Å². The van der Waals surface area contributed by atoms with Crippen LogP contribution in [-0.2, 0) is 16.6 Å². The first-order valence-corrected chi connectivity index (χ1v) is 6.28. The number of nitrogens with zero attached hydrogens (tertiary/aromatic N) is 1. The van der Waals surface area contributed by atoms with Gasteiger partial charge in [-0.05, 0) is 25.0 Å². The topological polar surface area (TPSA) is 85.1 Å². The first kappa shape index (κ1) is 10.5. The van der Waals surface area contributed by atoms with Gasteiger partial charge >= 0.3 is 0 Å². The summed E-state index contributed by atoms with van der Waals surface area (Å²) in [5.41, 5.74) is 5.85. The maximum atomic E-state index is 11.9. The molecule has 15 heavy (non-hydrogen) atoms. The van der Waals surface area contributed by atoms with Gasteiger partial charge in [-0.25, -0.2) is 13.1 Å². The Hall–Kier alpha value is -0.980. The zero-order valence-corrected chi connectivity index (χ0v) is 9.00. The van der Waals surface area contributed by atoms with Crippen molar-refractivity contribution in [1.29, 1.82) is 0 Å². The van der Waals surface area contributed by atoms with Gasteiger partial charge < -0.3 is 5.73 Å². The van der Waals surface area contributed by atoms with E-state index >= 15 is 0 Å². The van der Waals surface area contributed by atoms with Crippen LogP contribution in [0.4, 0.5) is 0 Å². The SMILES string of the molecule is NCc1ncccc1S(=O)(=O)NC1CC1. The van der Waals surface area contributed by atoms with Crippen molar-refractivity contribution in [2.75, 3.05) is 0 Å². The maximum Gasteiger partial charge on any atom is 0.242 e. The van der Waals surface area contributed by atoms with Crippen LogP contribution in [0.15, 0.2) is 23.2 Å². The predicted molar refractivity (Wildman–Crippen MR) is 55.5 cm³/mol. The highest BCUT2D eigenvalue weighted by molar-refractivity contribution is 7.89. The van der Waals surface area contributed by atoms with Gasteiger partial charge in [-0.2, -0.15) is 0 Å². The summed E-state index contributed by atoms with van der Waals surface area (Å²) in [4.78, 5) is 4.14. The minimum absolute atomic E-state index is 0.0980. The Kier molecular flexibility index (Phi) is 2.72. The number of hydrogen-bond donors (Lipinski definition) is 2. The summed E-state index contributed by atoms with van der Waals surface area (Å²) < 4.78 is 26.3. The average Bonchev–Trinajstić information content (AvgIpc) is 3.01. The molecule has 1 aliphatic rings. The Morgan fingerprint density at radius 3 is 2.87 bits per heavy atom. The first-order valence-electron chi connectivity index (χ1n) is 4.80. The molecule has 1 heterocycles. The normalized spacial score (nSPS) is 16.6. The summed E-state index contributed by atoms with van der Waals surface area (Å²) >= 11 is 0. The highest BCUT2D eigenvalue weighted by Gasteiger charge is 2.29. The van der Waals surface area contributed by atoms with E-state index < -0.39 is 10.0 Å². The lowest BCUT2D eigenvalue weighted by atomic mass is 10.3. The fourth-order valence-corrected chi connectivity index (χ4v) is 2.81. The second-order valence-electron chi connectivity index (χ2n) is 3.55. The van der Waals surface area contributed by atoms with Crippen molar-refractivity contribution >= 4 is 10.0 Å². The van der Waals surface area contributed by atoms with Gasteiger partial charge in [0.2, 0.25) is 10.0 Å². The number of sulfonamides is 1. The zero-order valence-electron chi connectivity index (χ0n) is 8.18. The quantitative estimate of drug-likeness (QED) is 0.757. The number of nitrogens with one attached hydrogen (secondary N) is 1. The average molecular weight is 227 g/mol. The molecule has 3 N–H and O–H groups in total. The summed E-state index contributed by atoms with van der Waals surface area (Å²) in [5.74, 6) is 0. The lowest BCUT2D eigenvalue weighted by Crippen LogP contribution is -2.27. The van der Waals surface area contributed by atoms with Crippen LogP contribution in [0, 0.1) is 0 Å². The number of hydrogen-bond acceptors (Lipinski definition) is 4. The molecule has 2 rings (SSSR count). The molecule has 6 heteroatoms. The standard InChI is InChI=1S/C9H13N3O2S/c10-6-8-9(2-1-5-11-8)15(13,14)12-7-3-4-7/h1-2,5,7,12H,3-4,6,10H2. The van der Waals surface area contributed by atoms with E-state index in [2.05, 4.69) is 9.71 Å². The summed E-state index contributed by atoms with van der Waals surface area (Å²) in [6, 6.07) is 3.22. The highest BCUT2D eigenvalue weighted by atomic mass is 32.2. The van der Waals surface area contributed by atoms with Gasteiger partial charge in [0.05, 0.1) is 5.69 Å². The minimum atomic E-state index is -3.43. The molecule has 0 spiro atoms. The van der Waals surface area contributed by atoms with E-state index in [1.54, 1.807) is 12.3 Å². The summed E-state index contributed by atoms with van der Waals surface area (Å²) in [6.45, 7) is 0.127. The molecule has 1 fully saturated rings.